The molecule has 0 unspecified atom stereocenters. The lowest BCUT2D eigenvalue weighted by molar-refractivity contribution is -0.137. The highest BCUT2D eigenvalue weighted by atomic mass is 19.4. The van der Waals surface area contributed by atoms with Crippen LogP contribution in [0.2, 0.25) is 0 Å². The van der Waals surface area contributed by atoms with Gasteiger partial charge in [-0.25, -0.2) is 9.97 Å². The van der Waals surface area contributed by atoms with Crippen molar-refractivity contribution < 1.29 is 18.0 Å². The first-order valence-corrected chi connectivity index (χ1v) is 9.27. The number of hydrogen-bond acceptors (Lipinski definition) is 3. The van der Waals surface area contributed by atoms with Crippen LogP contribution in [0.15, 0.2) is 42.9 Å². The van der Waals surface area contributed by atoms with Gasteiger partial charge in [0.05, 0.1) is 17.0 Å². The van der Waals surface area contributed by atoms with Gasteiger partial charge in [-0.05, 0) is 41.8 Å². The number of carbonyl (C=O) groups excluding carboxylic acids is 1. The summed E-state index contributed by atoms with van der Waals surface area (Å²) in [5.74, 6) is -0.435. The van der Waals surface area contributed by atoms with Crippen LogP contribution in [-0.2, 0) is 12.6 Å². The number of H-pyrrole nitrogens is 2. The van der Waals surface area contributed by atoms with Crippen molar-refractivity contribution in [1.82, 2.24) is 25.3 Å². The standard InChI is InChI=1S/C21H18F3N5O/c1-3-11-4-5-12(21(22,23)24)8-14(11)15-9-16(29-18(15)20(30)25-2)17-13-6-7-26-19(13)28-10-27-17/h4-10,29H,3H2,1-2H3,(H,25,30)(H,26,27,28). The Kier molecular flexibility index (Phi) is 4.81. The molecule has 0 aliphatic rings. The first-order valence-electron chi connectivity index (χ1n) is 9.27. The van der Waals surface area contributed by atoms with Crippen LogP contribution < -0.4 is 5.32 Å². The molecule has 6 nitrogen and oxygen atoms in total. The Morgan fingerprint density at radius 1 is 1.13 bits per heavy atom. The summed E-state index contributed by atoms with van der Waals surface area (Å²) in [4.78, 5) is 27.0. The number of fused-ring (bicyclic) bond motifs is 1. The van der Waals surface area contributed by atoms with Crippen LogP contribution in [0.5, 0.6) is 0 Å². The highest BCUT2D eigenvalue weighted by molar-refractivity contribution is 6.02. The fraction of sp³-hybridized carbons (Fsp3) is 0.190. The number of nitrogens with zero attached hydrogens (tertiary/aromatic N) is 2. The molecule has 0 atom stereocenters. The Balaban J connectivity index is 1.97. The van der Waals surface area contributed by atoms with Crippen molar-refractivity contribution in [3.8, 4) is 22.5 Å². The fourth-order valence-electron chi connectivity index (χ4n) is 3.50. The molecule has 0 aliphatic heterocycles. The number of benzene rings is 1. The summed E-state index contributed by atoms with van der Waals surface area (Å²) in [7, 11) is 1.47. The molecular formula is C21H18F3N5O. The number of alkyl halides is 3. The molecule has 0 saturated carbocycles. The molecule has 0 spiro atoms. The summed E-state index contributed by atoms with van der Waals surface area (Å²) >= 11 is 0. The normalized spacial score (nSPS) is 11.8. The molecule has 1 aromatic carbocycles. The van der Waals surface area contributed by atoms with E-state index in [0.717, 1.165) is 17.5 Å². The van der Waals surface area contributed by atoms with Crippen molar-refractivity contribution in [2.45, 2.75) is 19.5 Å². The maximum absolute atomic E-state index is 13.3. The predicted molar refractivity (Wildman–Crippen MR) is 107 cm³/mol. The highest BCUT2D eigenvalue weighted by Gasteiger charge is 2.31. The second kappa shape index (κ2) is 7.33. The highest BCUT2D eigenvalue weighted by Crippen LogP contribution is 2.37. The largest absolute Gasteiger partial charge is 0.416 e. The second-order valence-electron chi connectivity index (χ2n) is 6.74. The lowest BCUT2D eigenvalue weighted by Gasteiger charge is -2.13. The number of nitrogens with one attached hydrogen (secondary N) is 3. The SMILES string of the molecule is CCc1ccc(C(F)(F)F)cc1-c1cc(-c2ncnc3[nH]ccc23)[nH]c1C(=O)NC. The predicted octanol–water partition coefficient (Wildman–Crippen LogP) is 4.56. The van der Waals surface area contributed by atoms with Crippen LogP contribution in [0.4, 0.5) is 13.2 Å². The summed E-state index contributed by atoms with van der Waals surface area (Å²) in [6, 6.07) is 7.06. The molecule has 9 heteroatoms. The van der Waals surface area contributed by atoms with E-state index >= 15 is 0 Å². The van der Waals surface area contributed by atoms with Crippen molar-refractivity contribution in [3.05, 3.63) is 59.7 Å². The molecule has 4 aromatic rings. The Bertz CT molecular complexity index is 1240. The first-order chi connectivity index (χ1) is 14.3. The number of carbonyl (C=O) groups is 1. The average Bonchev–Trinajstić information content (AvgIpc) is 3.39. The Morgan fingerprint density at radius 3 is 2.63 bits per heavy atom. The lowest BCUT2D eigenvalue weighted by Crippen LogP contribution is -2.19. The number of amides is 1. The zero-order valence-corrected chi connectivity index (χ0v) is 16.2. The maximum atomic E-state index is 13.3. The fourth-order valence-corrected chi connectivity index (χ4v) is 3.50. The molecule has 0 aliphatic carbocycles. The minimum atomic E-state index is -4.49. The lowest BCUT2D eigenvalue weighted by atomic mass is 9.95. The number of aryl methyl sites for hydroxylation is 1. The van der Waals surface area contributed by atoms with E-state index in [2.05, 4.69) is 25.3 Å². The van der Waals surface area contributed by atoms with Gasteiger partial charge in [0.2, 0.25) is 0 Å². The number of hydrogen-bond donors (Lipinski definition) is 3. The Hall–Kier alpha value is -3.62. The van der Waals surface area contributed by atoms with Gasteiger partial charge in [-0.3, -0.25) is 4.79 Å². The third kappa shape index (κ3) is 3.32. The molecule has 0 bridgehead atoms. The quantitative estimate of drug-likeness (QED) is 0.458. The molecule has 3 aromatic heterocycles. The average molecular weight is 413 g/mol. The smallest absolute Gasteiger partial charge is 0.354 e. The van der Waals surface area contributed by atoms with E-state index in [1.165, 1.54) is 19.4 Å². The van der Waals surface area contributed by atoms with Crippen LogP contribution in [0.25, 0.3) is 33.5 Å². The van der Waals surface area contributed by atoms with Gasteiger partial charge in [-0.1, -0.05) is 13.0 Å². The van der Waals surface area contributed by atoms with Crippen LogP contribution in [0.1, 0.15) is 28.5 Å². The third-order valence-corrected chi connectivity index (χ3v) is 4.99. The molecular weight excluding hydrogens is 395 g/mol. The molecule has 154 valence electrons. The van der Waals surface area contributed by atoms with Crippen LogP contribution in [0, 0.1) is 0 Å². The number of halogens is 3. The molecule has 30 heavy (non-hydrogen) atoms. The van der Waals surface area contributed by atoms with Crippen molar-refractivity contribution >= 4 is 16.9 Å². The second-order valence-corrected chi connectivity index (χ2v) is 6.74. The minimum absolute atomic E-state index is 0.170. The van der Waals surface area contributed by atoms with E-state index in [4.69, 9.17) is 0 Å². The van der Waals surface area contributed by atoms with E-state index in [1.54, 1.807) is 18.3 Å². The van der Waals surface area contributed by atoms with Gasteiger partial charge < -0.3 is 15.3 Å². The van der Waals surface area contributed by atoms with E-state index in [9.17, 15) is 18.0 Å². The van der Waals surface area contributed by atoms with Crippen molar-refractivity contribution in [1.29, 1.82) is 0 Å². The molecule has 0 saturated heterocycles. The monoisotopic (exact) mass is 413 g/mol. The van der Waals surface area contributed by atoms with Gasteiger partial charge in [0.15, 0.2) is 0 Å². The van der Waals surface area contributed by atoms with Gasteiger partial charge >= 0.3 is 6.18 Å². The first kappa shape index (κ1) is 19.7. The number of rotatable bonds is 4. The molecule has 1 amide bonds. The zero-order valence-electron chi connectivity index (χ0n) is 16.2. The van der Waals surface area contributed by atoms with E-state index in [1.807, 2.05) is 6.92 Å². The van der Waals surface area contributed by atoms with E-state index in [0.29, 0.717) is 40.1 Å². The third-order valence-electron chi connectivity index (χ3n) is 4.99. The van der Waals surface area contributed by atoms with Gasteiger partial charge in [0, 0.05) is 24.2 Å². The zero-order chi connectivity index (χ0) is 21.5. The van der Waals surface area contributed by atoms with Crippen molar-refractivity contribution in [2.24, 2.45) is 0 Å². The number of aromatic nitrogens is 4. The van der Waals surface area contributed by atoms with Crippen molar-refractivity contribution in [2.75, 3.05) is 7.05 Å². The minimum Gasteiger partial charge on any atom is -0.354 e. The van der Waals surface area contributed by atoms with Crippen molar-refractivity contribution in [3.63, 3.8) is 0 Å². The Morgan fingerprint density at radius 2 is 1.93 bits per heavy atom. The molecule has 0 fully saturated rings. The van der Waals surface area contributed by atoms with Gasteiger partial charge in [0.25, 0.3) is 5.91 Å². The van der Waals surface area contributed by atoms with Gasteiger partial charge in [-0.15, -0.1) is 0 Å². The van der Waals surface area contributed by atoms with E-state index in [-0.39, 0.29) is 5.69 Å². The van der Waals surface area contributed by atoms with E-state index < -0.39 is 17.6 Å². The molecule has 0 radical (unpaired) electrons. The summed E-state index contributed by atoms with van der Waals surface area (Å²) < 4.78 is 40.0. The Labute approximate surface area is 169 Å². The summed E-state index contributed by atoms with van der Waals surface area (Å²) in [6.45, 7) is 1.85. The molecule has 3 heterocycles. The van der Waals surface area contributed by atoms with Gasteiger partial charge in [-0.2, -0.15) is 13.2 Å². The van der Waals surface area contributed by atoms with Gasteiger partial charge in [0.1, 0.15) is 17.7 Å². The molecule has 3 N–H and O–H groups in total. The van der Waals surface area contributed by atoms with Crippen LogP contribution in [0.3, 0.4) is 0 Å². The summed E-state index contributed by atoms with van der Waals surface area (Å²) in [5.41, 5.74) is 2.51. The summed E-state index contributed by atoms with van der Waals surface area (Å²) in [6.07, 6.45) is -0.877. The van der Waals surface area contributed by atoms with Crippen LogP contribution >= 0.6 is 0 Å². The summed E-state index contributed by atoms with van der Waals surface area (Å²) in [5, 5.41) is 3.27. The molecule has 4 rings (SSSR count). The van der Waals surface area contributed by atoms with Crippen LogP contribution in [-0.4, -0.2) is 32.9 Å². The number of aromatic amines is 2. The maximum Gasteiger partial charge on any atom is 0.416 e. The topological polar surface area (TPSA) is 86.5 Å².